The number of nitrogens with zero attached hydrogens (tertiary/aromatic N) is 4. The fraction of sp³-hybridized carbons (Fsp3) is 0.650. The molecule has 2 saturated heterocycles. The third-order valence-corrected chi connectivity index (χ3v) is 7.56. The van der Waals surface area contributed by atoms with E-state index in [9.17, 15) is 9.90 Å². The number of likely N-dealkylation sites (tertiary alicyclic amines) is 1. The van der Waals surface area contributed by atoms with Gasteiger partial charge in [0.05, 0.1) is 17.5 Å². The Morgan fingerprint density at radius 3 is 2.70 bits per heavy atom. The minimum Gasteiger partial charge on any atom is -0.465 e. The standard InChI is InChI=1S/C20H24BrClN4O4/c1-20(2)29-15-11(10-3-5-25(6-4-10)19(27)28)7-14(16(15)30-20)26-9-13(21)12-8-23-18(22)24-17(12)26/h8-11,14-16H,3-7H2,1-2H3,(H,27,28)/t11-,14-,15-,16+/m1/s1. The van der Waals surface area contributed by atoms with Crippen LogP contribution in [0.1, 0.15) is 39.2 Å². The van der Waals surface area contributed by atoms with Crippen molar-refractivity contribution in [3.05, 3.63) is 22.1 Å². The van der Waals surface area contributed by atoms with E-state index < -0.39 is 11.9 Å². The lowest BCUT2D eigenvalue weighted by Crippen LogP contribution is -2.41. The smallest absolute Gasteiger partial charge is 0.407 e. The Hall–Kier alpha value is -1.42. The molecule has 10 heteroatoms. The van der Waals surface area contributed by atoms with Crippen LogP contribution in [0.3, 0.4) is 0 Å². The summed E-state index contributed by atoms with van der Waals surface area (Å²) in [6, 6.07) is 0.0547. The number of hydrogen-bond donors (Lipinski definition) is 1. The number of carbonyl (C=O) groups is 1. The lowest BCUT2D eigenvalue weighted by atomic mass is 9.82. The normalized spacial score (nSPS) is 31.4. The Labute approximate surface area is 187 Å². The van der Waals surface area contributed by atoms with Crippen LogP contribution in [0.4, 0.5) is 4.79 Å². The van der Waals surface area contributed by atoms with E-state index in [1.165, 1.54) is 4.90 Å². The molecule has 1 amide bonds. The highest BCUT2D eigenvalue weighted by atomic mass is 79.9. The van der Waals surface area contributed by atoms with Gasteiger partial charge in [-0.15, -0.1) is 0 Å². The molecular weight excluding hydrogens is 476 g/mol. The number of aromatic nitrogens is 3. The number of halogens is 2. The highest BCUT2D eigenvalue weighted by Crippen LogP contribution is 2.51. The number of fused-ring (bicyclic) bond motifs is 2. The van der Waals surface area contributed by atoms with Crippen molar-refractivity contribution in [1.29, 1.82) is 0 Å². The molecule has 162 valence electrons. The van der Waals surface area contributed by atoms with Crippen molar-refractivity contribution < 1.29 is 19.4 Å². The van der Waals surface area contributed by atoms with Crippen LogP contribution >= 0.6 is 27.5 Å². The number of hydrogen-bond acceptors (Lipinski definition) is 5. The molecule has 4 heterocycles. The van der Waals surface area contributed by atoms with Gasteiger partial charge in [0.2, 0.25) is 5.28 Å². The summed E-state index contributed by atoms with van der Waals surface area (Å²) in [4.78, 5) is 21.4. The number of amides is 1. The second-order valence-corrected chi connectivity index (χ2v) is 10.1. The van der Waals surface area contributed by atoms with Gasteiger partial charge < -0.3 is 24.0 Å². The number of piperidine rings is 1. The van der Waals surface area contributed by atoms with Crippen LogP contribution < -0.4 is 0 Å². The fourth-order valence-corrected chi connectivity index (χ4v) is 6.10. The lowest BCUT2D eigenvalue weighted by molar-refractivity contribution is -0.163. The van der Waals surface area contributed by atoms with Crippen molar-refractivity contribution in [2.45, 2.75) is 57.1 Å². The summed E-state index contributed by atoms with van der Waals surface area (Å²) in [7, 11) is 0. The van der Waals surface area contributed by atoms with Crippen molar-refractivity contribution in [3.8, 4) is 0 Å². The van der Waals surface area contributed by atoms with E-state index in [0.717, 1.165) is 34.8 Å². The zero-order chi connectivity index (χ0) is 21.2. The van der Waals surface area contributed by atoms with Gasteiger partial charge in [0.25, 0.3) is 0 Å². The average Bonchev–Trinajstić information content (AvgIpc) is 3.30. The van der Waals surface area contributed by atoms with E-state index >= 15 is 0 Å². The fourth-order valence-electron chi connectivity index (χ4n) is 5.47. The maximum Gasteiger partial charge on any atom is 0.407 e. The molecule has 0 radical (unpaired) electrons. The van der Waals surface area contributed by atoms with Crippen LogP contribution in [0.15, 0.2) is 16.9 Å². The first-order valence-corrected chi connectivity index (χ1v) is 11.4. The van der Waals surface area contributed by atoms with Crippen LogP contribution in [0.2, 0.25) is 5.28 Å². The summed E-state index contributed by atoms with van der Waals surface area (Å²) in [5.74, 6) is 0.0474. The molecule has 1 saturated carbocycles. The molecule has 1 aliphatic carbocycles. The predicted octanol–water partition coefficient (Wildman–Crippen LogP) is 4.32. The molecule has 1 N–H and O–H groups in total. The molecule has 5 rings (SSSR count). The van der Waals surface area contributed by atoms with E-state index in [2.05, 4.69) is 30.5 Å². The summed E-state index contributed by atoms with van der Waals surface area (Å²) < 4.78 is 15.8. The van der Waals surface area contributed by atoms with Crippen LogP contribution in [-0.2, 0) is 9.47 Å². The van der Waals surface area contributed by atoms with E-state index in [0.29, 0.717) is 24.9 Å². The van der Waals surface area contributed by atoms with E-state index in [1.807, 2.05) is 20.0 Å². The predicted molar refractivity (Wildman–Crippen MR) is 114 cm³/mol. The van der Waals surface area contributed by atoms with Gasteiger partial charge >= 0.3 is 6.09 Å². The summed E-state index contributed by atoms with van der Waals surface area (Å²) in [5, 5.41) is 10.4. The van der Waals surface area contributed by atoms with Gasteiger partial charge in [-0.05, 0) is 72.5 Å². The number of rotatable bonds is 2. The summed E-state index contributed by atoms with van der Waals surface area (Å²) in [6.07, 6.45) is 5.38. The molecule has 8 nitrogen and oxygen atoms in total. The molecule has 0 spiro atoms. The van der Waals surface area contributed by atoms with Crippen molar-refractivity contribution >= 4 is 44.7 Å². The summed E-state index contributed by atoms with van der Waals surface area (Å²) in [5.41, 5.74) is 0.778. The van der Waals surface area contributed by atoms with Crippen LogP contribution in [-0.4, -0.2) is 61.7 Å². The third-order valence-electron chi connectivity index (χ3n) is 6.74. The quantitative estimate of drug-likeness (QED) is 0.619. The average molecular weight is 500 g/mol. The van der Waals surface area contributed by atoms with Crippen LogP contribution in [0.5, 0.6) is 0 Å². The Morgan fingerprint density at radius 1 is 1.30 bits per heavy atom. The zero-order valence-electron chi connectivity index (χ0n) is 16.8. The van der Waals surface area contributed by atoms with Gasteiger partial charge in [-0.3, -0.25) is 0 Å². The molecule has 4 atom stereocenters. The Morgan fingerprint density at radius 2 is 2.00 bits per heavy atom. The number of ether oxygens (including phenoxy) is 2. The second kappa shape index (κ2) is 7.32. The highest BCUT2D eigenvalue weighted by Gasteiger charge is 2.56. The lowest BCUT2D eigenvalue weighted by Gasteiger charge is -2.35. The topological polar surface area (TPSA) is 89.7 Å². The Bertz CT molecular complexity index is 991. The summed E-state index contributed by atoms with van der Waals surface area (Å²) >= 11 is 9.71. The zero-order valence-corrected chi connectivity index (χ0v) is 19.1. The Kier molecular flexibility index (Phi) is 5.00. The van der Waals surface area contributed by atoms with E-state index in [-0.39, 0.29) is 23.5 Å². The van der Waals surface area contributed by atoms with Crippen LogP contribution in [0, 0.1) is 11.8 Å². The maximum absolute atomic E-state index is 11.3. The van der Waals surface area contributed by atoms with Gasteiger partial charge in [-0.25, -0.2) is 9.78 Å². The third kappa shape index (κ3) is 3.39. The molecule has 2 aromatic rings. The first kappa shape index (κ1) is 20.5. The molecule has 3 fully saturated rings. The Balaban J connectivity index is 1.47. The molecular formula is C20H24BrClN4O4. The molecule has 0 bridgehead atoms. The molecule has 30 heavy (non-hydrogen) atoms. The minimum absolute atomic E-state index is 0.0279. The van der Waals surface area contributed by atoms with Gasteiger partial charge in [-0.1, -0.05) is 0 Å². The van der Waals surface area contributed by atoms with E-state index in [1.54, 1.807) is 6.20 Å². The molecule has 0 unspecified atom stereocenters. The largest absolute Gasteiger partial charge is 0.465 e. The molecule has 2 aliphatic heterocycles. The molecule has 0 aromatic carbocycles. The van der Waals surface area contributed by atoms with Crippen molar-refractivity contribution in [3.63, 3.8) is 0 Å². The summed E-state index contributed by atoms with van der Waals surface area (Å²) in [6.45, 7) is 5.05. The minimum atomic E-state index is -0.836. The maximum atomic E-state index is 11.3. The van der Waals surface area contributed by atoms with Crippen molar-refractivity contribution in [2.75, 3.05) is 13.1 Å². The van der Waals surface area contributed by atoms with Gasteiger partial charge in [0.15, 0.2) is 5.79 Å². The van der Waals surface area contributed by atoms with Crippen molar-refractivity contribution in [1.82, 2.24) is 19.4 Å². The number of carboxylic acid groups (broad SMARTS) is 1. The van der Waals surface area contributed by atoms with E-state index in [4.69, 9.17) is 21.1 Å². The SMILES string of the molecule is CC1(C)O[C@@H]2[C@H](O1)[C@@H](C1CCN(C(=O)O)CC1)C[C@H]2n1cc(Br)c2cnc(Cl)nc21. The first-order valence-electron chi connectivity index (χ1n) is 10.3. The highest BCUT2D eigenvalue weighted by molar-refractivity contribution is 9.10. The molecule has 3 aliphatic rings. The van der Waals surface area contributed by atoms with Gasteiger partial charge in [0.1, 0.15) is 11.8 Å². The van der Waals surface area contributed by atoms with Crippen molar-refractivity contribution in [2.24, 2.45) is 11.8 Å². The van der Waals surface area contributed by atoms with Crippen LogP contribution in [0.25, 0.3) is 11.0 Å². The van der Waals surface area contributed by atoms with Gasteiger partial charge in [-0.2, -0.15) is 4.98 Å². The first-order chi connectivity index (χ1) is 14.2. The molecule has 2 aromatic heterocycles. The van der Waals surface area contributed by atoms with Gasteiger partial charge in [0, 0.05) is 30.0 Å². The second-order valence-electron chi connectivity index (χ2n) is 8.90. The monoisotopic (exact) mass is 498 g/mol.